The fourth-order valence-electron chi connectivity index (χ4n) is 1.52. The zero-order valence-corrected chi connectivity index (χ0v) is 7.97. The third-order valence-electron chi connectivity index (χ3n) is 2.13. The van der Waals surface area contributed by atoms with Crippen molar-refractivity contribution in [3.63, 3.8) is 0 Å². The summed E-state index contributed by atoms with van der Waals surface area (Å²) in [6.45, 7) is 3.46. The van der Waals surface area contributed by atoms with Gasteiger partial charge >= 0.3 is 0 Å². The van der Waals surface area contributed by atoms with Crippen LogP contribution in [0.15, 0.2) is 43.2 Å². The molecule has 0 aliphatic rings. The summed E-state index contributed by atoms with van der Waals surface area (Å²) in [5, 5.41) is 20.2. The van der Waals surface area contributed by atoms with E-state index in [4.69, 9.17) is 4.74 Å². The van der Waals surface area contributed by atoms with Gasteiger partial charge in [-0.05, 0) is 12.1 Å². The Kier molecular flexibility index (Phi) is 2.21. The van der Waals surface area contributed by atoms with E-state index >= 15 is 0 Å². The molecular formula is C12H10O3. The van der Waals surface area contributed by atoms with Crippen LogP contribution in [0.5, 0.6) is 17.2 Å². The summed E-state index contributed by atoms with van der Waals surface area (Å²) in [4.78, 5) is 0. The average Bonchev–Trinajstić information content (AvgIpc) is 2.19. The number of ether oxygens (including phenoxy) is 1. The van der Waals surface area contributed by atoms with Crippen LogP contribution in [-0.2, 0) is 0 Å². The molecule has 0 aliphatic heterocycles. The van der Waals surface area contributed by atoms with Crippen molar-refractivity contribution >= 4 is 10.8 Å². The van der Waals surface area contributed by atoms with Gasteiger partial charge in [0.15, 0.2) is 0 Å². The summed E-state index contributed by atoms with van der Waals surface area (Å²) in [7, 11) is 0. The van der Waals surface area contributed by atoms with Gasteiger partial charge in [0.25, 0.3) is 0 Å². The fourth-order valence-corrected chi connectivity index (χ4v) is 1.52. The van der Waals surface area contributed by atoms with E-state index in [2.05, 4.69) is 6.58 Å². The van der Waals surface area contributed by atoms with Crippen LogP contribution in [0.25, 0.3) is 10.8 Å². The molecule has 0 aromatic heterocycles. The van der Waals surface area contributed by atoms with Crippen LogP contribution >= 0.6 is 0 Å². The summed E-state index contributed by atoms with van der Waals surface area (Å²) in [6, 6.07) is 8.08. The molecule has 76 valence electrons. The Bertz CT molecular complexity index is 518. The molecule has 2 rings (SSSR count). The van der Waals surface area contributed by atoms with Crippen molar-refractivity contribution < 1.29 is 14.9 Å². The lowest BCUT2D eigenvalue weighted by Gasteiger charge is -2.07. The van der Waals surface area contributed by atoms with Crippen LogP contribution in [0, 0.1) is 0 Å². The summed E-state index contributed by atoms with van der Waals surface area (Å²) in [5.74, 6) is 0.577. The Hall–Kier alpha value is -2.16. The summed E-state index contributed by atoms with van der Waals surface area (Å²) in [6.07, 6.45) is 1.30. The van der Waals surface area contributed by atoms with Gasteiger partial charge in [-0.2, -0.15) is 0 Å². The Morgan fingerprint density at radius 1 is 1.13 bits per heavy atom. The van der Waals surface area contributed by atoms with Gasteiger partial charge in [0, 0.05) is 16.8 Å². The molecule has 0 radical (unpaired) electrons. The first-order chi connectivity index (χ1) is 7.22. The molecule has 2 aromatic rings. The largest absolute Gasteiger partial charge is 0.508 e. The van der Waals surface area contributed by atoms with Crippen molar-refractivity contribution in [3.05, 3.63) is 43.2 Å². The van der Waals surface area contributed by atoms with E-state index in [1.165, 1.54) is 18.4 Å². The molecule has 0 bridgehead atoms. The third kappa shape index (κ3) is 1.59. The highest BCUT2D eigenvalue weighted by atomic mass is 16.5. The van der Waals surface area contributed by atoms with E-state index < -0.39 is 0 Å². The van der Waals surface area contributed by atoms with Crippen LogP contribution in [0.4, 0.5) is 0 Å². The average molecular weight is 202 g/mol. The lowest BCUT2D eigenvalue weighted by Crippen LogP contribution is -1.83. The van der Waals surface area contributed by atoms with Crippen molar-refractivity contribution in [1.82, 2.24) is 0 Å². The maximum absolute atomic E-state index is 9.60. The molecule has 2 N–H and O–H groups in total. The molecule has 0 saturated carbocycles. The number of phenols is 2. The smallest absolute Gasteiger partial charge is 0.134 e. The van der Waals surface area contributed by atoms with Crippen molar-refractivity contribution in [1.29, 1.82) is 0 Å². The zero-order valence-electron chi connectivity index (χ0n) is 7.97. The lowest BCUT2D eigenvalue weighted by atomic mass is 10.1. The monoisotopic (exact) mass is 202 g/mol. The number of rotatable bonds is 2. The second-order valence-corrected chi connectivity index (χ2v) is 3.10. The van der Waals surface area contributed by atoms with Crippen LogP contribution < -0.4 is 4.74 Å². The molecular weight excluding hydrogens is 192 g/mol. The second-order valence-electron chi connectivity index (χ2n) is 3.10. The van der Waals surface area contributed by atoms with Gasteiger partial charge in [0.05, 0.1) is 6.26 Å². The van der Waals surface area contributed by atoms with Crippen molar-refractivity contribution in [2.75, 3.05) is 0 Å². The highest BCUT2D eigenvalue weighted by Crippen LogP contribution is 2.35. The predicted octanol–water partition coefficient (Wildman–Crippen LogP) is 2.77. The molecule has 2 aromatic carbocycles. The topological polar surface area (TPSA) is 49.7 Å². The van der Waals surface area contributed by atoms with Gasteiger partial charge in [0.2, 0.25) is 0 Å². The number of fused-ring (bicyclic) bond motifs is 1. The Morgan fingerprint density at radius 2 is 1.93 bits per heavy atom. The number of hydrogen-bond donors (Lipinski definition) is 2. The van der Waals surface area contributed by atoms with Crippen LogP contribution in [-0.4, -0.2) is 10.2 Å². The lowest BCUT2D eigenvalue weighted by molar-refractivity contribution is 0.453. The first-order valence-corrected chi connectivity index (χ1v) is 4.44. The number of hydrogen-bond acceptors (Lipinski definition) is 3. The molecule has 0 spiro atoms. The minimum Gasteiger partial charge on any atom is -0.508 e. The van der Waals surface area contributed by atoms with E-state index in [1.54, 1.807) is 18.2 Å². The third-order valence-corrected chi connectivity index (χ3v) is 2.13. The van der Waals surface area contributed by atoms with Gasteiger partial charge in [-0.15, -0.1) is 0 Å². The van der Waals surface area contributed by atoms with Gasteiger partial charge in [0.1, 0.15) is 17.2 Å². The molecule has 0 heterocycles. The van der Waals surface area contributed by atoms with Crippen molar-refractivity contribution in [2.45, 2.75) is 0 Å². The minimum absolute atomic E-state index is 0.000104. The Labute approximate surface area is 86.9 Å². The summed E-state index contributed by atoms with van der Waals surface area (Å²) >= 11 is 0. The van der Waals surface area contributed by atoms with Gasteiger partial charge in [-0.1, -0.05) is 18.7 Å². The molecule has 3 heteroatoms. The Balaban J connectivity index is 2.78. The zero-order chi connectivity index (χ0) is 10.8. The molecule has 0 amide bonds. The van der Waals surface area contributed by atoms with Gasteiger partial charge in [-0.3, -0.25) is 0 Å². The van der Waals surface area contributed by atoms with E-state index in [-0.39, 0.29) is 11.5 Å². The van der Waals surface area contributed by atoms with Crippen molar-refractivity contribution in [2.24, 2.45) is 0 Å². The number of benzene rings is 2. The number of aromatic hydroxyl groups is 2. The first-order valence-electron chi connectivity index (χ1n) is 4.44. The molecule has 0 saturated heterocycles. The fraction of sp³-hybridized carbons (Fsp3) is 0. The SMILES string of the molecule is C=COc1cccc2c(O)cc(O)cc12. The molecule has 0 aliphatic carbocycles. The van der Waals surface area contributed by atoms with E-state index in [1.807, 2.05) is 0 Å². The second kappa shape index (κ2) is 3.53. The van der Waals surface area contributed by atoms with E-state index in [0.717, 1.165) is 0 Å². The maximum Gasteiger partial charge on any atom is 0.134 e. The minimum atomic E-state index is 0.000104. The van der Waals surface area contributed by atoms with Crippen LogP contribution in [0.3, 0.4) is 0 Å². The van der Waals surface area contributed by atoms with Crippen LogP contribution in [0.1, 0.15) is 0 Å². The quantitative estimate of drug-likeness (QED) is 0.736. The highest BCUT2D eigenvalue weighted by Gasteiger charge is 2.06. The molecule has 0 fully saturated rings. The van der Waals surface area contributed by atoms with Gasteiger partial charge < -0.3 is 14.9 Å². The molecule has 0 atom stereocenters. The molecule has 3 nitrogen and oxygen atoms in total. The highest BCUT2D eigenvalue weighted by molar-refractivity contribution is 5.94. The maximum atomic E-state index is 9.60. The van der Waals surface area contributed by atoms with E-state index in [0.29, 0.717) is 16.5 Å². The van der Waals surface area contributed by atoms with Crippen LogP contribution in [0.2, 0.25) is 0 Å². The number of phenolic OH excluding ortho intramolecular Hbond substituents is 2. The predicted molar refractivity (Wildman–Crippen MR) is 58.1 cm³/mol. The molecule has 15 heavy (non-hydrogen) atoms. The first kappa shape index (κ1) is 9.40. The van der Waals surface area contributed by atoms with E-state index in [9.17, 15) is 10.2 Å². The standard InChI is InChI=1S/C12H10O3/c1-2-15-12-5-3-4-9-10(12)6-8(13)7-11(9)14/h2-7,13-14H,1H2. The van der Waals surface area contributed by atoms with Gasteiger partial charge in [-0.25, -0.2) is 0 Å². The summed E-state index contributed by atoms with van der Waals surface area (Å²) in [5.41, 5.74) is 0. The Morgan fingerprint density at radius 3 is 2.67 bits per heavy atom. The molecule has 0 unspecified atom stereocenters. The van der Waals surface area contributed by atoms with Crippen molar-refractivity contribution in [3.8, 4) is 17.2 Å². The normalized spacial score (nSPS) is 10.1. The summed E-state index contributed by atoms with van der Waals surface area (Å²) < 4.78 is 5.17.